The van der Waals surface area contributed by atoms with Crippen LogP contribution in [0.15, 0.2) is 60.7 Å². The molecule has 0 aliphatic carbocycles. The Morgan fingerprint density at radius 3 is 2.45 bits per heavy atom. The summed E-state index contributed by atoms with van der Waals surface area (Å²) in [5.74, 6) is 0.860. The molecule has 3 aromatic rings. The maximum Gasteiger partial charge on any atom is 0.339 e. The van der Waals surface area contributed by atoms with Crippen LogP contribution in [-0.4, -0.2) is 29.1 Å². The van der Waals surface area contributed by atoms with Crippen molar-refractivity contribution in [3.8, 4) is 0 Å². The molecule has 1 heterocycles. The van der Waals surface area contributed by atoms with Gasteiger partial charge in [0.2, 0.25) is 5.95 Å². The number of benzene rings is 2. The van der Waals surface area contributed by atoms with Gasteiger partial charge in [0.05, 0.1) is 18.4 Å². The Kier molecular flexibility index (Phi) is 6.44. The molecule has 1 aromatic heterocycles. The van der Waals surface area contributed by atoms with Crippen LogP contribution in [-0.2, 0) is 11.3 Å². The Bertz CT molecular complexity index is 974. The summed E-state index contributed by atoms with van der Waals surface area (Å²) >= 11 is 0. The first-order chi connectivity index (χ1) is 14.0. The van der Waals surface area contributed by atoms with Gasteiger partial charge in [-0.25, -0.2) is 9.78 Å². The van der Waals surface area contributed by atoms with Crippen LogP contribution >= 0.6 is 0 Å². The minimum absolute atomic E-state index is 0.250. The molecule has 1 N–H and O–H groups in total. The lowest BCUT2D eigenvalue weighted by Crippen LogP contribution is -2.31. The van der Waals surface area contributed by atoms with E-state index in [1.807, 2.05) is 43.3 Å². The molecule has 2 aromatic carbocycles. The van der Waals surface area contributed by atoms with Gasteiger partial charge in [-0.3, -0.25) is 0 Å². The molecule has 150 valence electrons. The zero-order valence-corrected chi connectivity index (χ0v) is 17.2. The smallest absolute Gasteiger partial charge is 0.339 e. The van der Waals surface area contributed by atoms with Crippen molar-refractivity contribution in [2.24, 2.45) is 0 Å². The topological polar surface area (TPSA) is 67.3 Å². The van der Waals surface area contributed by atoms with Crippen molar-refractivity contribution < 1.29 is 9.53 Å². The van der Waals surface area contributed by atoms with Gasteiger partial charge in [0.25, 0.3) is 0 Å². The number of carbonyl (C=O) groups is 1. The minimum atomic E-state index is -0.408. The van der Waals surface area contributed by atoms with Crippen molar-refractivity contribution in [2.45, 2.75) is 33.4 Å². The fourth-order valence-corrected chi connectivity index (χ4v) is 3.06. The molecule has 0 radical (unpaired) electrons. The number of hydrogen-bond donors (Lipinski definition) is 1. The number of aromatic nitrogens is 2. The number of rotatable bonds is 7. The van der Waals surface area contributed by atoms with Crippen LogP contribution in [0.3, 0.4) is 0 Å². The highest BCUT2D eigenvalue weighted by molar-refractivity contribution is 5.96. The molecule has 0 saturated carbocycles. The Hall–Kier alpha value is -3.41. The van der Waals surface area contributed by atoms with E-state index < -0.39 is 5.97 Å². The molecule has 0 atom stereocenters. The highest BCUT2D eigenvalue weighted by atomic mass is 16.5. The van der Waals surface area contributed by atoms with Crippen molar-refractivity contribution in [1.82, 2.24) is 9.97 Å². The van der Waals surface area contributed by atoms with Crippen molar-refractivity contribution in [3.05, 3.63) is 77.5 Å². The Morgan fingerprint density at radius 2 is 1.76 bits per heavy atom. The Balaban J connectivity index is 1.92. The van der Waals surface area contributed by atoms with Crippen LogP contribution in [0, 0.1) is 6.92 Å². The van der Waals surface area contributed by atoms with Gasteiger partial charge in [-0.1, -0.05) is 42.5 Å². The molecule has 0 bridgehead atoms. The number of carbonyl (C=O) groups excluding carboxylic acids is 1. The summed E-state index contributed by atoms with van der Waals surface area (Å²) in [7, 11) is 1.37. The second kappa shape index (κ2) is 9.19. The first kappa shape index (κ1) is 20.3. The highest BCUT2D eigenvalue weighted by Crippen LogP contribution is 2.24. The standard InChI is InChI=1S/C23H26N4O2/c1-16(2)27(15-18-10-6-5-7-11-18)21-14-17(3)24-23(26-21)25-20-13-9-8-12-19(20)22(28)29-4/h5-14,16H,15H2,1-4H3,(H,24,25,26). The number of para-hydroxylation sites is 1. The summed E-state index contributed by atoms with van der Waals surface area (Å²) in [6.07, 6.45) is 0. The molecule has 0 unspecified atom stereocenters. The van der Waals surface area contributed by atoms with E-state index in [4.69, 9.17) is 9.72 Å². The van der Waals surface area contributed by atoms with E-state index in [2.05, 4.69) is 41.2 Å². The van der Waals surface area contributed by atoms with Gasteiger partial charge in [-0.2, -0.15) is 4.98 Å². The molecule has 0 aliphatic rings. The first-order valence-corrected chi connectivity index (χ1v) is 9.58. The van der Waals surface area contributed by atoms with Crippen molar-refractivity contribution in [1.29, 1.82) is 0 Å². The molecule has 0 aliphatic heterocycles. The SMILES string of the molecule is COC(=O)c1ccccc1Nc1nc(C)cc(N(Cc2ccccc2)C(C)C)n1. The number of anilines is 3. The van der Waals surface area contributed by atoms with Gasteiger partial charge < -0.3 is 15.0 Å². The van der Waals surface area contributed by atoms with Gasteiger partial charge >= 0.3 is 5.97 Å². The predicted octanol–water partition coefficient (Wildman–Crippen LogP) is 4.73. The quantitative estimate of drug-likeness (QED) is 0.588. The van der Waals surface area contributed by atoms with E-state index in [9.17, 15) is 4.79 Å². The number of aryl methyl sites for hydroxylation is 1. The van der Waals surface area contributed by atoms with Crippen molar-refractivity contribution in [3.63, 3.8) is 0 Å². The monoisotopic (exact) mass is 390 g/mol. The Morgan fingerprint density at radius 1 is 1.07 bits per heavy atom. The van der Waals surface area contributed by atoms with E-state index in [1.165, 1.54) is 12.7 Å². The van der Waals surface area contributed by atoms with E-state index in [0.717, 1.165) is 18.1 Å². The van der Waals surface area contributed by atoms with E-state index in [1.54, 1.807) is 12.1 Å². The Labute approximate surface area is 171 Å². The number of hydrogen-bond acceptors (Lipinski definition) is 6. The van der Waals surface area contributed by atoms with Gasteiger partial charge in [-0.05, 0) is 38.5 Å². The molecule has 0 spiro atoms. The van der Waals surface area contributed by atoms with Gasteiger partial charge in [-0.15, -0.1) is 0 Å². The van der Waals surface area contributed by atoms with Crippen molar-refractivity contribution in [2.75, 3.05) is 17.3 Å². The summed E-state index contributed by atoms with van der Waals surface area (Å²) in [6.45, 7) is 6.96. The van der Waals surface area contributed by atoms with E-state index in [-0.39, 0.29) is 6.04 Å². The second-order valence-electron chi connectivity index (χ2n) is 7.06. The van der Waals surface area contributed by atoms with Crippen LogP contribution in [0.4, 0.5) is 17.5 Å². The van der Waals surface area contributed by atoms with Crippen LogP contribution < -0.4 is 10.2 Å². The van der Waals surface area contributed by atoms with E-state index >= 15 is 0 Å². The molecular formula is C23H26N4O2. The first-order valence-electron chi connectivity index (χ1n) is 9.58. The maximum atomic E-state index is 12.0. The lowest BCUT2D eigenvalue weighted by molar-refractivity contribution is 0.0602. The number of nitrogens with one attached hydrogen (secondary N) is 1. The van der Waals surface area contributed by atoms with Crippen LogP contribution in [0.1, 0.15) is 35.5 Å². The molecule has 29 heavy (non-hydrogen) atoms. The van der Waals surface area contributed by atoms with Gasteiger partial charge in [0.1, 0.15) is 5.82 Å². The number of methoxy groups -OCH3 is 1. The van der Waals surface area contributed by atoms with Gasteiger partial charge in [0.15, 0.2) is 0 Å². The summed E-state index contributed by atoms with van der Waals surface area (Å²) in [5, 5.41) is 3.18. The third-order valence-corrected chi connectivity index (χ3v) is 4.53. The third kappa shape index (κ3) is 5.10. The van der Waals surface area contributed by atoms with Crippen LogP contribution in [0.25, 0.3) is 0 Å². The maximum absolute atomic E-state index is 12.0. The molecule has 6 nitrogen and oxygen atoms in total. The molecular weight excluding hydrogens is 364 g/mol. The largest absolute Gasteiger partial charge is 0.465 e. The third-order valence-electron chi connectivity index (χ3n) is 4.53. The second-order valence-corrected chi connectivity index (χ2v) is 7.06. The summed E-state index contributed by atoms with van der Waals surface area (Å²) in [4.78, 5) is 23.5. The molecule has 0 amide bonds. The number of nitrogens with zero attached hydrogens (tertiary/aromatic N) is 3. The number of esters is 1. The van der Waals surface area contributed by atoms with Gasteiger partial charge in [0, 0.05) is 24.3 Å². The summed E-state index contributed by atoms with van der Waals surface area (Å²) in [5.41, 5.74) is 3.09. The summed E-state index contributed by atoms with van der Waals surface area (Å²) in [6, 6.07) is 19.7. The molecule has 6 heteroatoms. The fourth-order valence-electron chi connectivity index (χ4n) is 3.06. The normalized spacial score (nSPS) is 10.7. The lowest BCUT2D eigenvalue weighted by Gasteiger charge is -2.28. The van der Waals surface area contributed by atoms with E-state index in [0.29, 0.717) is 17.2 Å². The van der Waals surface area contributed by atoms with Crippen molar-refractivity contribution >= 4 is 23.4 Å². The minimum Gasteiger partial charge on any atom is -0.465 e. The average molecular weight is 390 g/mol. The molecule has 3 rings (SSSR count). The zero-order chi connectivity index (χ0) is 20.8. The average Bonchev–Trinajstić information content (AvgIpc) is 2.72. The lowest BCUT2D eigenvalue weighted by atomic mass is 10.2. The molecule has 0 saturated heterocycles. The highest BCUT2D eigenvalue weighted by Gasteiger charge is 2.16. The van der Waals surface area contributed by atoms with Crippen LogP contribution in [0.5, 0.6) is 0 Å². The molecule has 0 fully saturated rings. The zero-order valence-electron chi connectivity index (χ0n) is 17.2. The predicted molar refractivity (Wildman–Crippen MR) is 116 cm³/mol. The van der Waals surface area contributed by atoms with Crippen LogP contribution in [0.2, 0.25) is 0 Å². The summed E-state index contributed by atoms with van der Waals surface area (Å²) < 4.78 is 4.87. The number of ether oxygens (including phenoxy) is 1. The fraction of sp³-hybridized carbons (Fsp3) is 0.261.